The van der Waals surface area contributed by atoms with E-state index in [9.17, 15) is 4.79 Å². The third kappa shape index (κ3) is 5.09. The third-order valence-electron chi connectivity index (χ3n) is 4.83. The van der Waals surface area contributed by atoms with Gasteiger partial charge in [0.2, 0.25) is 5.91 Å². The highest BCUT2D eigenvalue weighted by molar-refractivity contribution is 5.76. The first-order chi connectivity index (χ1) is 12.1. The number of rotatable bonds is 8. The molecule has 134 valence electrons. The van der Waals surface area contributed by atoms with Crippen molar-refractivity contribution in [2.24, 2.45) is 0 Å². The lowest BCUT2D eigenvalue weighted by atomic mass is 9.99. The minimum Gasteiger partial charge on any atom is -0.399 e. The third-order valence-corrected chi connectivity index (χ3v) is 4.83. The Morgan fingerprint density at radius 3 is 2.44 bits per heavy atom. The molecule has 1 atom stereocenters. The van der Waals surface area contributed by atoms with Gasteiger partial charge in [-0.25, -0.2) is 0 Å². The highest BCUT2D eigenvalue weighted by atomic mass is 16.2. The molecule has 0 aliphatic heterocycles. The number of hydrogen-bond acceptors (Lipinski definition) is 2. The van der Waals surface area contributed by atoms with E-state index < -0.39 is 0 Å². The van der Waals surface area contributed by atoms with Gasteiger partial charge in [0, 0.05) is 18.7 Å². The van der Waals surface area contributed by atoms with Gasteiger partial charge in [-0.05, 0) is 55.0 Å². The molecule has 0 aliphatic carbocycles. The van der Waals surface area contributed by atoms with Crippen LogP contribution in [0.2, 0.25) is 0 Å². The van der Waals surface area contributed by atoms with Gasteiger partial charge in [-0.2, -0.15) is 0 Å². The SMILES string of the molecule is CCC(=O)N(CCCc1cc(N)ccc1CC)C(C)c1ccccc1. The molecule has 1 unspecified atom stereocenters. The Labute approximate surface area is 151 Å². The molecule has 0 saturated heterocycles. The molecule has 0 aromatic heterocycles. The van der Waals surface area contributed by atoms with Crippen molar-refractivity contribution in [2.75, 3.05) is 12.3 Å². The van der Waals surface area contributed by atoms with Crippen molar-refractivity contribution in [3.8, 4) is 0 Å². The molecule has 0 bridgehead atoms. The van der Waals surface area contributed by atoms with Gasteiger partial charge in [0.1, 0.15) is 0 Å². The van der Waals surface area contributed by atoms with Gasteiger partial charge in [0.25, 0.3) is 0 Å². The quantitative estimate of drug-likeness (QED) is 0.705. The second-order valence-corrected chi connectivity index (χ2v) is 6.51. The number of carbonyl (C=O) groups excluding carboxylic acids is 1. The van der Waals surface area contributed by atoms with Gasteiger partial charge < -0.3 is 10.6 Å². The lowest BCUT2D eigenvalue weighted by Crippen LogP contribution is -2.34. The summed E-state index contributed by atoms with van der Waals surface area (Å²) in [6, 6.07) is 16.5. The predicted molar refractivity (Wildman–Crippen MR) is 105 cm³/mol. The van der Waals surface area contributed by atoms with Gasteiger partial charge in [0.15, 0.2) is 0 Å². The predicted octanol–water partition coefficient (Wildman–Crippen LogP) is 4.76. The van der Waals surface area contributed by atoms with E-state index in [0.29, 0.717) is 6.42 Å². The summed E-state index contributed by atoms with van der Waals surface area (Å²) in [6.07, 6.45) is 3.44. The molecule has 0 heterocycles. The molecule has 0 fully saturated rings. The van der Waals surface area contributed by atoms with E-state index in [-0.39, 0.29) is 11.9 Å². The van der Waals surface area contributed by atoms with Crippen LogP contribution in [0.25, 0.3) is 0 Å². The fourth-order valence-electron chi connectivity index (χ4n) is 3.31. The van der Waals surface area contributed by atoms with Crippen molar-refractivity contribution >= 4 is 11.6 Å². The summed E-state index contributed by atoms with van der Waals surface area (Å²) < 4.78 is 0. The zero-order chi connectivity index (χ0) is 18.2. The number of nitrogen functional groups attached to an aromatic ring is 1. The molecular formula is C22H30N2O. The molecule has 2 aromatic carbocycles. The Hall–Kier alpha value is -2.29. The Kier molecular flexibility index (Phi) is 7.05. The molecular weight excluding hydrogens is 308 g/mol. The first-order valence-electron chi connectivity index (χ1n) is 9.28. The number of amides is 1. The smallest absolute Gasteiger partial charge is 0.222 e. The lowest BCUT2D eigenvalue weighted by Gasteiger charge is -2.29. The maximum atomic E-state index is 12.5. The lowest BCUT2D eigenvalue weighted by molar-refractivity contribution is -0.133. The summed E-state index contributed by atoms with van der Waals surface area (Å²) in [6.45, 7) is 6.97. The average Bonchev–Trinajstić information content (AvgIpc) is 2.65. The maximum Gasteiger partial charge on any atom is 0.222 e. The van der Waals surface area contributed by atoms with Crippen LogP contribution in [0.3, 0.4) is 0 Å². The van der Waals surface area contributed by atoms with E-state index in [1.807, 2.05) is 36.1 Å². The standard InChI is InChI=1S/C22H30N2O/c1-4-18-13-14-21(23)16-20(18)12-9-15-24(22(25)5-2)17(3)19-10-7-6-8-11-19/h6-8,10-11,13-14,16-17H,4-5,9,12,15,23H2,1-3H3. The molecule has 0 aliphatic rings. The van der Waals surface area contributed by atoms with Crippen LogP contribution in [0.4, 0.5) is 5.69 Å². The number of aryl methyl sites for hydroxylation is 2. The van der Waals surface area contributed by atoms with Gasteiger partial charge in [0.05, 0.1) is 6.04 Å². The van der Waals surface area contributed by atoms with Crippen molar-refractivity contribution < 1.29 is 4.79 Å². The zero-order valence-electron chi connectivity index (χ0n) is 15.7. The van der Waals surface area contributed by atoms with Crippen LogP contribution < -0.4 is 5.73 Å². The van der Waals surface area contributed by atoms with Crippen molar-refractivity contribution in [3.63, 3.8) is 0 Å². The van der Waals surface area contributed by atoms with Gasteiger partial charge in [-0.3, -0.25) is 4.79 Å². The fraction of sp³-hybridized carbons (Fsp3) is 0.409. The summed E-state index contributed by atoms with van der Waals surface area (Å²) in [5.74, 6) is 0.208. The van der Waals surface area contributed by atoms with Crippen molar-refractivity contribution in [3.05, 3.63) is 65.2 Å². The van der Waals surface area contributed by atoms with Crippen LogP contribution in [0.15, 0.2) is 48.5 Å². The highest BCUT2D eigenvalue weighted by Gasteiger charge is 2.19. The number of nitrogens with two attached hydrogens (primary N) is 1. The van der Waals surface area contributed by atoms with E-state index in [2.05, 4.69) is 38.1 Å². The molecule has 25 heavy (non-hydrogen) atoms. The molecule has 2 rings (SSSR count). The minimum atomic E-state index is 0.0974. The average molecular weight is 338 g/mol. The monoisotopic (exact) mass is 338 g/mol. The maximum absolute atomic E-state index is 12.5. The van der Waals surface area contributed by atoms with Crippen molar-refractivity contribution in [2.45, 2.75) is 52.5 Å². The Morgan fingerprint density at radius 2 is 1.80 bits per heavy atom. The molecule has 2 aromatic rings. The second kappa shape index (κ2) is 9.26. The summed E-state index contributed by atoms with van der Waals surface area (Å²) in [5.41, 5.74) is 10.6. The molecule has 2 N–H and O–H groups in total. The normalized spacial score (nSPS) is 12.0. The van der Waals surface area contributed by atoms with E-state index in [1.165, 1.54) is 16.7 Å². The van der Waals surface area contributed by atoms with Crippen LogP contribution in [0.1, 0.15) is 56.3 Å². The van der Waals surface area contributed by atoms with Gasteiger partial charge in [-0.15, -0.1) is 0 Å². The summed E-state index contributed by atoms with van der Waals surface area (Å²) >= 11 is 0. The molecule has 3 nitrogen and oxygen atoms in total. The number of benzene rings is 2. The molecule has 0 spiro atoms. The van der Waals surface area contributed by atoms with Crippen LogP contribution in [-0.2, 0) is 17.6 Å². The van der Waals surface area contributed by atoms with E-state index in [1.54, 1.807) is 0 Å². The second-order valence-electron chi connectivity index (χ2n) is 6.51. The number of anilines is 1. The topological polar surface area (TPSA) is 46.3 Å². The Morgan fingerprint density at radius 1 is 1.08 bits per heavy atom. The number of nitrogens with zero attached hydrogens (tertiary/aromatic N) is 1. The van der Waals surface area contributed by atoms with Crippen LogP contribution >= 0.6 is 0 Å². The molecule has 0 radical (unpaired) electrons. The van der Waals surface area contributed by atoms with Crippen molar-refractivity contribution in [1.82, 2.24) is 4.90 Å². The first kappa shape index (κ1) is 19.0. The fourth-order valence-corrected chi connectivity index (χ4v) is 3.31. The number of carbonyl (C=O) groups is 1. The van der Waals surface area contributed by atoms with E-state index in [0.717, 1.165) is 31.5 Å². The Balaban J connectivity index is 2.06. The van der Waals surface area contributed by atoms with Gasteiger partial charge >= 0.3 is 0 Å². The summed E-state index contributed by atoms with van der Waals surface area (Å²) in [4.78, 5) is 14.5. The van der Waals surface area contributed by atoms with Gasteiger partial charge in [-0.1, -0.05) is 50.2 Å². The van der Waals surface area contributed by atoms with E-state index in [4.69, 9.17) is 5.73 Å². The van der Waals surface area contributed by atoms with Crippen LogP contribution in [-0.4, -0.2) is 17.4 Å². The van der Waals surface area contributed by atoms with Crippen molar-refractivity contribution in [1.29, 1.82) is 0 Å². The zero-order valence-corrected chi connectivity index (χ0v) is 15.7. The first-order valence-corrected chi connectivity index (χ1v) is 9.28. The van der Waals surface area contributed by atoms with E-state index >= 15 is 0 Å². The Bertz CT molecular complexity index is 682. The van der Waals surface area contributed by atoms with Crippen LogP contribution in [0.5, 0.6) is 0 Å². The molecule has 1 amide bonds. The number of hydrogen-bond donors (Lipinski definition) is 1. The molecule has 3 heteroatoms. The molecule has 0 saturated carbocycles. The van der Waals surface area contributed by atoms with Crippen LogP contribution in [0, 0.1) is 0 Å². The highest BCUT2D eigenvalue weighted by Crippen LogP contribution is 2.22. The summed E-state index contributed by atoms with van der Waals surface area (Å²) in [5, 5.41) is 0. The minimum absolute atomic E-state index is 0.0974. The largest absolute Gasteiger partial charge is 0.399 e. The summed E-state index contributed by atoms with van der Waals surface area (Å²) in [7, 11) is 0.